The van der Waals surface area contributed by atoms with Gasteiger partial charge in [-0.15, -0.1) is 0 Å². The van der Waals surface area contributed by atoms with Crippen molar-refractivity contribution in [1.29, 1.82) is 0 Å². The molecule has 1 aromatic heterocycles. The molecule has 0 aliphatic rings. The molecule has 0 spiro atoms. The molecule has 2 N–H and O–H groups in total. The van der Waals surface area contributed by atoms with E-state index in [1.54, 1.807) is 0 Å². The smallest absolute Gasteiger partial charge is 0.163 e. The van der Waals surface area contributed by atoms with Gasteiger partial charge < -0.3 is 15.2 Å². The lowest BCUT2D eigenvalue weighted by Crippen LogP contribution is -2.10. The summed E-state index contributed by atoms with van der Waals surface area (Å²) in [7, 11) is 1.91. The summed E-state index contributed by atoms with van der Waals surface area (Å²) in [4.78, 5) is 0. The van der Waals surface area contributed by atoms with E-state index in [4.69, 9.17) is 15.2 Å². The predicted molar refractivity (Wildman–Crippen MR) is 82.9 cm³/mol. The van der Waals surface area contributed by atoms with Crippen LogP contribution in [0.15, 0.2) is 24.3 Å². The van der Waals surface area contributed by atoms with Gasteiger partial charge in [0.25, 0.3) is 0 Å². The largest absolute Gasteiger partial charge is 0.490 e. The molecule has 2 aromatic rings. The maximum absolute atomic E-state index is 5.75. The quantitative estimate of drug-likeness (QED) is 0.792. The average Bonchev–Trinajstić information content (AvgIpc) is 2.71. The van der Waals surface area contributed by atoms with Gasteiger partial charge in [0.15, 0.2) is 5.75 Å². The van der Waals surface area contributed by atoms with Crippen molar-refractivity contribution in [2.75, 3.05) is 19.8 Å². The second-order valence-electron chi connectivity index (χ2n) is 5.00. The van der Waals surface area contributed by atoms with E-state index in [9.17, 15) is 0 Å². The van der Waals surface area contributed by atoms with Gasteiger partial charge in [0.05, 0.1) is 5.69 Å². The maximum atomic E-state index is 5.75. The zero-order chi connectivity index (χ0) is 15.2. The molecular weight excluding hydrogens is 266 g/mol. The van der Waals surface area contributed by atoms with Crippen molar-refractivity contribution in [2.45, 2.75) is 20.3 Å². The van der Waals surface area contributed by atoms with Gasteiger partial charge in [0.2, 0.25) is 0 Å². The van der Waals surface area contributed by atoms with Gasteiger partial charge in [0.1, 0.15) is 24.7 Å². The molecule has 1 heterocycles. The molecule has 114 valence electrons. The second kappa shape index (κ2) is 7.13. The van der Waals surface area contributed by atoms with Gasteiger partial charge in [-0.25, -0.2) is 0 Å². The summed E-state index contributed by atoms with van der Waals surface area (Å²) in [6.07, 6.45) is 0.892. The Balaban J connectivity index is 1.79. The molecule has 2 rings (SSSR count). The Morgan fingerprint density at radius 1 is 1.10 bits per heavy atom. The van der Waals surface area contributed by atoms with Crippen molar-refractivity contribution < 1.29 is 9.47 Å². The zero-order valence-corrected chi connectivity index (χ0v) is 12.9. The first-order valence-corrected chi connectivity index (χ1v) is 7.16. The second-order valence-corrected chi connectivity index (χ2v) is 5.00. The molecule has 0 saturated heterocycles. The summed E-state index contributed by atoms with van der Waals surface area (Å²) in [6.45, 7) is 5.60. The lowest BCUT2D eigenvalue weighted by Gasteiger charge is -2.09. The molecule has 0 atom stereocenters. The summed E-state index contributed by atoms with van der Waals surface area (Å²) in [5, 5.41) is 4.32. The van der Waals surface area contributed by atoms with Gasteiger partial charge in [0, 0.05) is 7.05 Å². The van der Waals surface area contributed by atoms with Crippen LogP contribution in [0.2, 0.25) is 0 Å². The Bertz CT molecular complexity index is 576. The molecule has 1 aromatic carbocycles. The Hall–Kier alpha value is -2.01. The SMILES string of the molecule is Cc1nn(C)c(C)c1OCCOc1ccc(CCN)cc1. The van der Waals surface area contributed by atoms with Gasteiger partial charge in [-0.05, 0) is 44.5 Å². The summed E-state index contributed by atoms with van der Waals surface area (Å²) in [5.74, 6) is 1.69. The van der Waals surface area contributed by atoms with Crippen LogP contribution in [0.5, 0.6) is 11.5 Å². The topological polar surface area (TPSA) is 62.3 Å². The fraction of sp³-hybridized carbons (Fsp3) is 0.438. The van der Waals surface area contributed by atoms with Crippen molar-refractivity contribution >= 4 is 0 Å². The third kappa shape index (κ3) is 3.98. The molecule has 0 bridgehead atoms. The van der Waals surface area contributed by atoms with E-state index < -0.39 is 0 Å². The fourth-order valence-corrected chi connectivity index (χ4v) is 2.19. The van der Waals surface area contributed by atoms with Crippen LogP contribution in [0, 0.1) is 13.8 Å². The van der Waals surface area contributed by atoms with E-state index in [1.165, 1.54) is 5.56 Å². The third-order valence-corrected chi connectivity index (χ3v) is 3.40. The third-order valence-electron chi connectivity index (χ3n) is 3.40. The maximum Gasteiger partial charge on any atom is 0.163 e. The lowest BCUT2D eigenvalue weighted by atomic mass is 10.1. The molecule has 5 nitrogen and oxygen atoms in total. The lowest BCUT2D eigenvalue weighted by molar-refractivity contribution is 0.215. The highest BCUT2D eigenvalue weighted by molar-refractivity contribution is 5.31. The first-order valence-electron chi connectivity index (χ1n) is 7.16. The minimum Gasteiger partial charge on any atom is -0.490 e. The summed E-state index contributed by atoms with van der Waals surface area (Å²) in [6, 6.07) is 8.01. The number of hydrogen-bond donors (Lipinski definition) is 1. The van der Waals surface area contributed by atoms with E-state index in [2.05, 4.69) is 5.10 Å². The number of nitrogens with zero attached hydrogens (tertiary/aromatic N) is 2. The number of nitrogens with two attached hydrogens (primary N) is 1. The van der Waals surface area contributed by atoms with E-state index in [0.29, 0.717) is 19.8 Å². The minimum atomic E-state index is 0.498. The van der Waals surface area contributed by atoms with Crippen molar-refractivity contribution in [3.05, 3.63) is 41.2 Å². The number of benzene rings is 1. The van der Waals surface area contributed by atoms with Crippen LogP contribution in [0.4, 0.5) is 0 Å². The minimum absolute atomic E-state index is 0.498. The highest BCUT2D eigenvalue weighted by Crippen LogP contribution is 2.21. The zero-order valence-electron chi connectivity index (χ0n) is 12.9. The number of rotatable bonds is 7. The molecule has 5 heteroatoms. The monoisotopic (exact) mass is 289 g/mol. The summed E-state index contributed by atoms with van der Waals surface area (Å²) < 4.78 is 13.2. The number of aryl methyl sites for hydroxylation is 2. The highest BCUT2D eigenvalue weighted by atomic mass is 16.5. The molecule has 0 aliphatic carbocycles. The van der Waals surface area contributed by atoms with Gasteiger partial charge in [-0.1, -0.05) is 12.1 Å². The van der Waals surface area contributed by atoms with Crippen LogP contribution in [0.25, 0.3) is 0 Å². The molecular formula is C16H23N3O2. The first-order chi connectivity index (χ1) is 10.1. The van der Waals surface area contributed by atoms with E-state index in [0.717, 1.165) is 29.3 Å². The van der Waals surface area contributed by atoms with Crippen molar-refractivity contribution in [1.82, 2.24) is 9.78 Å². The Morgan fingerprint density at radius 3 is 2.33 bits per heavy atom. The normalized spacial score (nSPS) is 10.7. The number of hydrogen-bond acceptors (Lipinski definition) is 4. The van der Waals surface area contributed by atoms with Crippen LogP contribution < -0.4 is 15.2 Å². The van der Waals surface area contributed by atoms with Crippen molar-refractivity contribution in [3.8, 4) is 11.5 Å². The van der Waals surface area contributed by atoms with Gasteiger partial charge in [-0.2, -0.15) is 5.10 Å². The summed E-state index contributed by atoms with van der Waals surface area (Å²) in [5.41, 5.74) is 8.68. The predicted octanol–water partition coefficient (Wildman–Crippen LogP) is 2.00. The van der Waals surface area contributed by atoms with E-state index in [-0.39, 0.29) is 0 Å². The Kier molecular flexibility index (Phi) is 5.22. The standard InChI is InChI=1S/C16H23N3O2/c1-12-16(13(2)19(3)18-12)21-11-10-20-15-6-4-14(5-7-15)8-9-17/h4-7H,8-11,17H2,1-3H3. The Labute approximate surface area is 125 Å². The number of aromatic nitrogens is 2. The van der Waals surface area contributed by atoms with Crippen molar-refractivity contribution in [3.63, 3.8) is 0 Å². The van der Waals surface area contributed by atoms with Gasteiger partial charge in [-0.3, -0.25) is 4.68 Å². The molecule has 0 unspecified atom stereocenters. The average molecular weight is 289 g/mol. The van der Waals surface area contributed by atoms with Crippen LogP contribution in [0.3, 0.4) is 0 Å². The van der Waals surface area contributed by atoms with E-state index in [1.807, 2.05) is 49.8 Å². The van der Waals surface area contributed by atoms with Crippen LogP contribution >= 0.6 is 0 Å². The fourth-order valence-electron chi connectivity index (χ4n) is 2.19. The summed E-state index contributed by atoms with van der Waals surface area (Å²) >= 11 is 0. The van der Waals surface area contributed by atoms with Crippen LogP contribution in [-0.4, -0.2) is 29.5 Å². The van der Waals surface area contributed by atoms with E-state index >= 15 is 0 Å². The van der Waals surface area contributed by atoms with Crippen LogP contribution in [-0.2, 0) is 13.5 Å². The van der Waals surface area contributed by atoms with Crippen LogP contribution in [0.1, 0.15) is 17.0 Å². The molecule has 0 fully saturated rings. The van der Waals surface area contributed by atoms with Gasteiger partial charge >= 0.3 is 0 Å². The highest BCUT2D eigenvalue weighted by Gasteiger charge is 2.10. The molecule has 0 saturated carbocycles. The molecule has 0 aliphatic heterocycles. The Morgan fingerprint density at radius 2 is 1.76 bits per heavy atom. The molecule has 0 amide bonds. The number of ether oxygens (including phenoxy) is 2. The van der Waals surface area contributed by atoms with Crippen molar-refractivity contribution in [2.24, 2.45) is 12.8 Å². The first kappa shape index (κ1) is 15.4. The molecule has 21 heavy (non-hydrogen) atoms. The molecule has 0 radical (unpaired) electrons.